The molecular weight excluding hydrogens is 442 g/mol. The molecule has 0 unspecified atom stereocenters. The molecule has 1 saturated heterocycles. The van der Waals surface area contributed by atoms with Crippen molar-refractivity contribution in [2.75, 3.05) is 33.2 Å². The number of hydrogen-bond acceptors (Lipinski definition) is 4. The van der Waals surface area contributed by atoms with Gasteiger partial charge in [-0.2, -0.15) is 4.72 Å². The maximum Gasteiger partial charge on any atom is 0.241 e. The summed E-state index contributed by atoms with van der Waals surface area (Å²) in [4.78, 5) is 17.2. The summed E-state index contributed by atoms with van der Waals surface area (Å²) in [5.41, 5.74) is 0.911. The summed E-state index contributed by atoms with van der Waals surface area (Å²) in [5, 5.41) is 0. The molecule has 1 amide bonds. The molecule has 1 fully saturated rings. The lowest BCUT2D eigenvalue weighted by atomic mass is 10.1. The Kier molecular flexibility index (Phi) is 6.87. The zero-order valence-electron chi connectivity index (χ0n) is 15.7. The summed E-state index contributed by atoms with van der Waals surface area (Å²) in [5.74, 6) is -0.183. The van der Waals surface area contributed by atoms with E-state index in [0.717, 1.165) is 23.1 Å². The van der Waals surface area contributed by atoms with Gasteiger partial charge < -0.3 is 9.80 Å². The van der Waals surface area contributed by atoms with Crippen LogP contribution < -0.4 is 4.72 Å². The molecule has 0 saturated carbocycles. The summed E-state index contributed by atoms with van der Waals surface area (Å²) in [6.07, 6.45) is 0.307. The number of piperazine rings is 1. The smallest absolute Gasteiger partial charge is 0.241 e. The lowest BCUT2D eigenvalue weighted by Crippen LogP contribution is -2.54. The van der Waals surface area contributed by atoms with Crippen molar-refractivity contribution >= 4 is 31.9 Å². The molecule has 2 aromatic rings. The van der Waals surface area contributed by atoms with Gasteiger partial charge in [-0.05, 0) is 43.3 Å². The molecule has 1 N–H and O–H groups in total. The molecule has 0 aliphatic carbocycles. The van der Waals surface area contributed by atoms with Crippen LogP contribution in [0.4, 0.5) is 0 Å². The van der Waals surface area contributed by atoms with Gasteiger partial charge in [0.05, 0.1) is 4.90 Å². The van der Waals surface area contributed by atoms with Gasteiger partial charge in [-0.3, -0.25) is 4.79 Å². The fourth-order valence-corrected chi connectivity index (χ4v) is 4.60. The topological polar surface area (TPSA) is 69.7 Å². The van der Waals surface area contributed by atoms with Crippen LogP contribution in [0, 0.1) is 0 Å². The molecule has 1 aliphatic rings. The number of sulfonamides is 1. The first-order chi connectivity index (χ1) is 13.3. The monoisotopic (exact) mass is 465 g/mol. The molecule has 0 radical (unpaired) electrons. The lowest BCUT2D eigenvalue weighted by molar-refractivity contribution is -0.134. The number of likely N-dealkylation sites (N-methyl/N-ethyl adjacent to an activating group) is 1. The Bertz CT molecular complexity index is 896. The molecule has 0 spiro atoms. The number of rotatable bonds is 6. The van der Waals surface area contributed by atoms with Crippen LogP contribution >= 0.6 is 15.9 Å². The zero-order chi connectivity index (χ0) is 20.1. The molecular formula is C20H24BrN3O3S. The third kappa shape index (κ3) is 5.41. The maximum absolute atomic E-state index is 13.1. The van der Waals surface area contributed by atoms with E-state index < -0.39 is 16.1 Å². The molecule has 2 aromatic carbocycles. The van der Waals surface area contributed by atoms with E-state index in [-0.39, 0.29) is 10.8 Å². The van der Waals surface area contributed by atoms with E-state index in [2.05, 4.69) is 25.6 Å². The molecule has 0 aromatic heterocycles. The number of nitrogens with zero attached hydrogens (tertiary/aromatic N) is 2. The van der Waals surface area contributed by atoms with Gasteiger partial charge in [0, 0.05) is 30.7 Å². The van der Waals surface area contributed by atoms with E-state index >= 15 is 0 Å². The van der Waals surface area contributed by atoms with E-state index in [1.807, 2.05) is 37.4 Å². The maximum atomic E-state index is 13.1. The Labute approximate surface area is 174 Å². The average Bonchev–Trinajstić information content (AvgIpc) is 2.68. The van der Waals surface area contributed by atoms with Crippen LogP contribution in [0.15, 0.2) is 64.0 Å². The number of carbonyl (C=O) groups is 1. The Morgan fingerprint density at radius 2 is 1.64 bits per heavy atom. The summed E-state index contributed by atoms with van der Waals surface area (Å²) in [6.45, 7) is 2.76. The number of carbonyl (C=O) groups excluding carboxylic acids is 1. The van der Waals surface area contributed by atoms with E-state index in [9.17, 15) is 13.2 Å². The van der Waals surface area contributed by atoms with Gasteiger partial charge in [-0.1, -0.05) is 46.3 Å². The van der Waals surface area contributed by atoms with Crippen molar-refractivity contribution < 1.29 is 13.2 Å². The number of amides is 1. The molecule has 6 nitrogen and oxygen atoms in total. The van der Waals surface area contributed by atoms with Crippen molar-refractivity contribution in [3.63, 3.8) is 0 Å². The predicted octanol–water partition coefficient (Wildman–Crippen LogP) is 2.11. The summed E-state index contributed by atoms with van der Waals surface area (Å²) in [6, 6.07) is 15.0. The molecule has 150 valence electrons. The van der Waals surface area contributed by atoms with Crippen molar-refractivity contribution in [1.29, 1.82) is 0 Å². The minimum Gasteiger partial charge on any atom is -0.339 e. The second-order valence-electron chi connectivity index (χ2n) is 6.95. The van der Waals surface area contributed by atoms with Crippen molar-refractivity contribution in [1.82, 2.24) is 14.5 Å². The fourth-order valence-electron chi connectivity index (χ4n) is 3.15. The highest BCUT2D eigenvalue weighted by Crippen LogP contribution is 2.16. The van der Waals surface area contributed by atoms with Crippen molar-refractivity contribution in [2.24, 2.45) is 0 Å². The number of halogens is 1. The summed E-state index contributed by atoms with van der Waals surface area (Å²) >= 11 is 3.31. The Morgan fingerprint density at radius 1 is 1.04 bits per heavy atom. The standard InChI is InChI=1S/C20H24BrN3O3S/c1-23-11-13-24(14-12-23)20(25)19(15-16-5-3-2-4-6-16)22-28(26,27)18-9-7-17(21)8-10-18/h2-10,19,22H,11-15H2,1H3/t19-/m0/s1. The van der Waals surface area contributed by atoms with Gasteiger partial charge in [-0.25, -0.2) is 8.42 Å². The summed E-state index contributed by atoms with van der Waals surface area (Å²) in [7, 11) is -1.81. The third-order valence-electron chi connectivity index (χ3n) is 4.82. The first-order valence-corrected chi connectivity index (χ1v) is 11.4. The minimum atomic E-state index is -3.82. The molecule has 8 heteroatoms. The number of benzene rings is 2. The van der Waals surface area contributed by atoms with Crippen molar-refractivity contribution in [3.05, 3.63) is 64.6 Å². The molecule has 1 heterocycles. The second-order valence-corrected chi connectivity index (χ2v) is 9.58. The predicted molar refractivity (Wildman–Crippen MR) is 112 cm³/mol. The van der Waals surface area contributed by atoms with Gasteiger partial charge >= 0.3 is 0 Å². The Hall–Kier alpha value is -1.74. The van der Waals surface area contributed by atoms with Crippen LogP contribution in [0.25, 0.3) is 0 Å². The van der Waals surface area contributed by atoms with Gasteiger partial charge in [0.15, 0.2) is 0 Å². The molecule has 28 heavy (non-hydrogen) atoms. The van der Waals surface area contributed by atoms with Crippen LogP contribution in [0.1, 0.15) is 5.56 Å². The van der Waals surface area contributed by atoms with Crippen molar-refractivity contribution in [3.8, 4) is 0 Å². The van der Waals surface area contributed by atoms with Gasteiger partial charge in [0.2, 0.25) is 15.9 Å². The minimum absolute atomic E-state index is 0.139. The van der Waals surface area contributed by atoms with Gasteiger partial charge in [0.1, 0.15) is 6.04 Å². The van der Waals surface area contributed by atoms with Crippen LogP contribution in [0.2, 0.25) is 0 Å². The van der Waals surface area contributed by atoms with Gasteiger partial charge in [0.25, 0.3) is 0 Å². The first-order valence-electron chi connectivity index (χ1n) is 9.14. The normalized spacial score (nSPS) is 16.7. The van der Waals surface area contributed by atoms with Crippen LogP contribution in [-0.2, 0) is 21.2 Å². The van der Waals surface area contributed by atoms with Crippen LogP contribution in [0.5, 0.6) is 0 Å². The SMILES string of the molecule is CN1CCN(C(=O)[C@H](Cc2ccccc2)NS(=O)(=O)c2ccc(Br)cc2)CC1. The van der Waals surface area contributed by atoms with Crippen LogP contribution in [-0.4, -0.2) is 63.4 Å². The number of hydrogen-bond donors (Lipinski definition) is 1. The summed E-state index contributed by atoms with van der Waals surface area (Å²) < 4.78 is 29.2. The lowest BCUT2D eigenvalue weighted by Gasteiger charge is -2.34. The average molecular weight is 466 g/mol. The van der Waals surface area contributed by atoms with E-state index in [1.54, 1.807) is 17.0 Å². The third-order valence-corrected chi connectivity index (χ3v) is 6.83. The molecule has 3 rings (SSSR count). The van der Waals surface area contributed by atoms with Crippen LogP contribution in [0.3, 0.4) is 0 Å². The first kappa shape index (κ1) is 21.0. The highest BCUT2D eigenvalue weighted by molar-refractivity contribution is 9.10. The quantitative estimate of drug-likeness (QED) is 0.708. The highest BCUT2D eigenvalue weighted by atomic mass is 79.9. The van der Waals surface area contributed by atoms with E-state index in [4.69, 9.17) is 0 Å². The number of nitrogens with one attached hydrogen (secondary N) is 1. The van der Waals surface area contributed by atoms with E-state index in [1.165, 1.54) is 12.1 Å². The highest BCUT2D eigenvalue weighted by Gasteiger charge is 2.30. The van der Waals surface area contributed by atoms with E-state index in [0.29, 0.717) is 19.5 Å². The van der Waals surface area contributed by atoms with Crippen molar-refractivity contribution in [2.45, 2.75) is 17.4 Å². The second kappa shape index (κ2) is 9.17. The zero-order valence-corrected chi connectivity index (χ0v) is 18.1. The molecule has 1 aliphatic heterocycles. The fraction of sp³-hybridized carbons (Fsp3) is 0.350. The largest absolute Gasteiger partial charge is 0.339 e. The molecule has 0 bridgehead atoms. The van der Waals surface area contributed by atoms with Gasteiger partial charge in [-0.15, -0.1) is 0 Å². The Balaban J connectivity index is 1.83. The Morgan fingerprint density at radius 3 is 2.25 bits per heavy atom. The molecule has 1 atom stereocenters.